The fourth-order valence-corrected chi connectivity index (χ4v) is 4.48. The molecule has 4 rings (SSSR count). The molecule has 3 heteroatoms. The van der Waals surface area contributed by atoms with Crippen LogP contribution in [0.3, 0.4) is 0 Å². The van der Waals surface area contributed by atoms with Crippen LogP contribution in [0.1, 0.15) is 24.0 Å². The molecular formula is C23H25ClNO+. The number of nitrogens with one attached hydrogen (secondary N) is 1. The summed E-state index contributed by atoms with van der Waals surface area (Å²) in [7, 11) is 0. The number of hydrogen-bond donors (Lipinski definition) is 2. The summed E-state index contributed by atoms with van der Waals surface area (Å²) in [6, 6.07) is 20.6. The molecule has 0 amide bonds. The van der Waals surface area contributed by atoms with Crippen molar-refractivity contribution < 1.29 is 10.0 Å². The highest BCUT2D eigenvalue weighted by Gasteiger charge is 2.24. The third-order valence-electron chi connectivity index (χ3n) is 5.66. The molecule has 3 aromatic rings. The predicted octanol–water partition coefficient (Wildman–Crippen LogP) is 4.24. The van der Waals surface area contributed by atoms with Crippen LogP contribution >= 0.6 is 11.6 Å². The Morgan fingerprint density at radius 1 is 0.923 bits per heavy atom. The van der Waals surface area contributed by atoms with E-state index < -0.39 is 0 Å². The van der Waals surface area contributed by atoms with Crippen LogP contribution in [-0.2, 0) is 13.0 Å². The second kappa shape index (κ2) is 7.69. The molecule has 0 aromatic heterocycles. The summed E-state index contributed by atoms with van der Waals surface area (Å²) in [6.45, 7) is 3.15. The first kappa shape index (κ1) is 17.4. The lowest BCUT2D eigenvalue weighted by Gasteiger charge is -2.29. The molecule has 0 aliphatic carbocycles. The van der Waals surface area contributed by atoms with E-state index in [0.29, 0.717) is 5.75 Å². The van der Waals surface area contributed by atoms with Crippen LogP contribution in [0, 0.1) is 5.92 Å². The number of hydrogen-bond acceptors (Lipinski definition) is 1. The Labute approximate surface area is 160 Å². The van der Waals surface area contributed by atoms with Crippen molar-refractivity contribution in [3.8, 4) is 5.75 Å². The van der Waals surface area contributed by atoms with Crippen molar-refractivity contribution in [2.24, 2.45) is 5.92 Å². The molecule has 0 atom stereocenters. The molecule has 1 fully saturated rings. The van der Waals surface area contributed by atoms with E-state index in [0.717, 1.165) is 46.9 Å². The number of phenolic OH excluding ortho intramolecular Hbond substituents is 1. The Morgan fingerprint density at radius 3 is 2.31 bits per heavy atom. The average molecular weight is 367 g/mol. The summed E-state index contributed by atoms with van der Waals surface area (Å²) in [4.78, 5) is 1.54. The summed E-state index contributed by atoms with van der Waals surface area (Å²) in [6.07, 6.45) is 3.67. The van der Waals surface area contributed by atoms with Crippen LogP contribution in [0.2, 0.25) is 5.02 Å². The summed E-state index contributed by atoms with van der Waals surface area (Å²) < 4.78 is 0. The minimum absolute atomic E-state index is 0.393. The van der Waals surface area contributed by atoms with Gasteiger partial charge in [0, 0.05) is 15.8 Å². The zero-order valence-electron chi connectivity index (χ0n) is 14.9. The van der Waals surface area contributed by atoms with Gasteiger partial charge in [0.15, 0.2) is 0 Å². The Kier molecular flexibility index (Phi) is 5.14. The van der Waals surface area contributed by atoms with Gasteiger partial charge >= 0.3 is 0 Å². The first-order valence-electron chi connectivity index (χ1n) is 9.47. The molecule has 0 unspecified atom stereocenters. The SMILES string of the molecule is Oc1c(C[NH+]2CCC(Cc3ccccc3)CC2)cc(Cl)c2ccccc12. The lowest BCUT2D eigenvalue weighted by Crippen LogP contribution is -3.11. The largest absolute Gasteiger partial charge is 0.507 e. The lowest BCUT2D eigenvalue weighted by molar-refractivity contribution is -0.919. The maximum absolute atomic E-state index is 10.7. The van der Waals surface area contributed by atoms with Gasteiger partial charge in [-0.3, -0.25) is 0 Å². The predicted molar refractivity (Wildman–Crippen MR) is 108 cm³/mol. The second-order valence-corrected chi connectivity index (χ2v) is 7.88. The van der Waals surface area contributed by atoms with E-state index in [-0.39, 0.29) is 0 Å². The Bertz CT molecular complexity index is 885. The monoisotopic (exact) mass is 366 g/mol. The van der Waals surface area contributed by atoms with Crippen LogP contribution in [0.5, 0.6) is 5.75 Å². The van der Waals surface area contributed by atoms with Gasteiger partial charge in [-0.25, -0.2) is 0 Å². The minimum Gasteiger partial charge on any atom is -0.507 e. The summed E-state index contributed by atoms with van der Waals surface area (Å²) in [5, 5.41) is 13.2. The molecule has 0 radical (unpaired) electrons. The van der Waals surface area contributed by atoms with Gasteiger partial charge in [-0.15, -0.1) is 0 Å². The normalized spacial score (nSPS) is 20.3. The molecule has 0 bridgehead atoms. The van der Waals surface area contributed by atoms with Crippen molar-refractivity contribution in [2.45, 2.75) is 25.8 Å². The quantitative estimate of drug-likeness (QED) is 0.709. The lowest BCUT2D eigenvalue weighted by atomic mass is 9.90. The Morgan fingerprint density at radius 2 is 1.58 bits per heavy atom. The van der Waals surface area contributed by atoms with E-state index in [1.165, 1.54) is 29.7 Å². The van der Waals surface area contributed by atoms with Crippen molar-refractivity contribution in [1.82, 2.24) is 0 Å². The van der Waals surface area contributed by atoms with Gasteiger partial charge in [0.1, 0.15) is 12.3 Å². The first-order valence-corrected chi connectivity index (χ1v) is 9.85. The van der Waals surface area contributed by atoms with Crippen LogP contribution in [0.25, 0.3) is 10.8 Å². The van der Waals surface area contributed by atoms with Crippen molar-refractivity contribution in [1.29, 1.82) is 0 Å². The highest BCUT2D eigenvalue weighted by molar-refractivity contribution is 6.35. The van der Waals surface area contributed by atoms with E-state index in [1.54, 1.807) is 0 Å². The van der Waals surface area contributed by atoms with E-state index in [2.05, 4.69) is 30.3 Å². The van der Waals surface area contributed by atoms with Crippen molar-refractivity contribution >= 4 is 22.4 Å². The van der Waals surface area contributed by atoms with E-state index in [4.69, 9.17) is 11.6 Å². The van der Waals surface area contributed by atoms with E-state index >= 15 is 0 Å². The minimum atomic E-state index is 0.393. The number of rotatable bonds is 4. The molecule has 2 nitrogen and oxygen atoms in total. The molecule has 3 aromatic carbocycles. The number of benzene rings is 3. The summed E-state index contributed by atoms with van der Waals surface area (Å²) in [5.74, 6) is 1.17. The van der Waals surface area contributed by atoms with Crippen molar-refractivity contribution in [3.63, 3.8) is 0 Å². The van der Waals surface area contributed by atoms with Gasteiger partial charge in [0.25, 0.3) is 0 Å². The molecule has 134 valence electrons. The van der Waals surface area contributed by atoms with Gasteiger partial charge in [0.05, 0.1) is 18.7 Å². The van der Waals surface area contributed by atoms with Gasteiger partial charge in [-0.2, -0.15) is 0 Å². The van der Waals surface area contributed by atoms with Crippen molar-refractivity contribution in [2.75, 3.05) is 13.1 Å². The second-order valence-electron chi connectivity index (χ2n) is 7.47. The van der Waals surface area contributed by atoms with Crippen LogP contribution in [0.4, 0.5) is 0 Å². The molecule has 1 aliphatic heterocycles. The molecule has 1 heterocycles. The third kappa shape index (κ3) is 3.72. The van der Waals surface area contributed by atoms with Crippen LogP contribution in [-0.4, -0.2) is 18.2 Å². The topological polar surface area (TPSA) is 24.7 Å². The number of likely N-dealkylation sites (tertiary alicyclic amines) is 1. The molecule has 0 spiro atoms. The Hall–Kier alpha value is -2.03. The fourth-order valence-electron chi connectivity index (χ4n) is 4.19. The highest BCUT2D eigenvalue weighted by atomic mass is 35.5. The zero-order chi connectivity index (χ0) is 17.9. The van der Waals surface area contributed by atoms with Crippen LogP contribution < -0.4 is 4.90 Å². The number of aromatic hydroxyl groups is 1. The van der Waals surface area contributed by atoms with Gasteiger partial charge in [-0.1, -0.05) is 66.2 Å². The number of fused-ring (bicyclic) bond motifs is 1. The van der Waals surface area contributed by atoms with Crippen molar-refractivity contribution in [3.05, 3.63) is 76.8 Å². The fraction of sp³-hybridized carbons (Fsp3) is 0.304. The molecule has 0 saturated carbocycles. The van der Waals surface area contributed by atoms with Gasteiger partial charge in [0.2, 0.25) is 0 Å². The average Bonchev–Trinajstić information content (AvgIpc) is 2.68. The Balaban J connectivity index is 1.42. The van der Waals surface area contributed by atoms with E-state index in [1.807, 2.05) is 30.3 Å². The first-order chi connectivity index (χ1) is 12.7. The molecule has 2 N–H and O–H groups in total. The number of phenols is 1. The zero-order valence-corrected chi connectivity index (χ0v) is 15.7. The summed E-state index contributed by atoms with van der Waals surface area (Å²) >= 11 is 6.44. The molecule has 26 heavy (non-hydrogen) atoms. The number of quaternary nitrogens is 1. The van der Waals surface area contributed by atoms with E-state index in [9.17, 15) is 5.11 Å². The van der Waals surface area contributed by atoms with Gasteiger partial charge in [-0.05, 0) is 36.8 Å². The molecule has 1 saturated heterocycles. The maximum atomic E-state index is 10.7. The number of halogens is 1. The number of piperidine rings is 1. The van der Waals surface area contributed by atoms with Gasteiger partial charge < -0.3 is 10.0 Å². The van der Waals surface area contributed by atoms with Crippen LogP contribution in [0.15, 0.2) is 60.7 Å². The third-order valence-corrected chi connectivity index (χ3v) is 5.98. The molecule has 1 aliphatic rings. The standard InChI is InChI=1S/C23H24ClNO/c24-22-15-19(23(26)21-9-5-4-8-20(21)22)16-25-12-10-18(11-13-25)14-17-6-2-1-3-7-17/h1-9,15,18,26H,10-14,16H2/p+1. The summed E-state index contributed by atoms with van der Waals surface area (Å²) in [5.41, 5.74) is 2.41. The molecular weight excluding hydrogens is 342 g/mol. The highest BCUT2D eigenvalue weighted by Crippen LogP contribution is 2.34. The maximum Gasteiger partial charge on any atom is 0.132 e. The smallest absolute Gasteiger partial charge is 0.132 e.